The number of hydrogen-bond acceptors (Lipinski definition) is 5. The van der Waals surface area contributed by atoms with Crippen LogP contribution in [0.15, 0.2) is 97.6 Å². The first-order chi connectivity index (χ1) is 16.7. The van der Waals surface area contributed by atoms with Crippen LogP contribution in [0.25, 0.3) is 0 Å². The van der Waals surface area contributed by atoms with Gasteiger partial charge in [-0.3, -0.25) is 19.6 Å². The van der Waals surface area contributed by atoms with Crippen molar-refractivity contribution in [1.82, 2.24) is 15.3 Å². The Morgan fingerprint density at radius 1 is 0.676 bits per heavy atom. The standard InChI is InChI=1S/C28H26N4O2/c33-27(14-7-21-3-1-15-29-17-21)24-8-5-22(6-9-24)19-31-26-12-10-25(11-13-26)28(34)32-20-23-4-2-16-30-18-23/h1-6,8-13,15-18,31H,7,14,19-20H2,(H,32,34). The molecule has 6 heteroatoms. The molecule has 170 valence electrons. The molecular weight excluding hydrogens is 424 g/mol. The van der Waals surface area contributed by atoms with E-state index >= 15 is 0 Å². The average Bonchev–Trinajstić information content (AvgIpc) is 2.91. The van der Waals surface area contributed by atoms with Crippen molar-refractivity contribution in [2.24, 2.45) is 0 Å². The van der Waals surface area contributed by atoms with Crippen LogP contribution < -0.4 is 10.6 Å². The van der Waals surface area contributed by atoms with Crippen LogP contribution in [0, 0.1) is 0 Å². The molecule has 0 spiro atoms. The molecule has 0 fully saturated rings. The minimum atomic E-state index is -0.126. The molecule has 4 rings (SSSR count). The Morgan fingerprint density at radius 3 is 1.97 bits per heavy atom. The summed E-state index contributed by atoms with van der Waals surface area (Å²) in [5.74, 6) is -0.0000544. The summed E-state index contributed by atoms with van der Waals surface area (Å²) < 4.78 is 0. The van der Waals surface area contributed by atoms with Gasteiger partial charge in [-0.15, -0.1) is 0 Å². The van der Waals surface area contributed by atoms with E-state index in [2.05, 4.69) is 20.6 Å². The first-order valence-electron chi connectivity index (χ1n) is 11.2. The molecule has 0 radical (unpaired) electrons. The number of Topliss-reactive ketones (excluding diaryl/α,β-unsaturated/α-hetero) is 1. The van der Waals surface area contributed by atoms with E-state index in [1.165, 1.54) is 0 Å². The van der Waals surface area contributed by atoms with Gasteiger partial charge >= 0.3 is 0 Å². The fraction of sp³-hybridized carbons (Fsp3) is 0.143. The minimum absolute atomic E-state index is 0.126. The number of pyridine rings is 2. The molecule has 0 atom stereocenters. The quantitative estimate of drug-likeness (QED) is 0.338. The van der Waals surface area contributed by atoms with E-state index in [1.54, 1.807) is 36.9 Å². The Kier molecular flexibility index (Phi) is 7.74. The molecule has 0 unspecified atom stereocenters. The lowest BCUT2D eigenvalue weighted by Crippen LogP contribution is -2.22. The minimum Gasteiger partial charge on any atom is -0.381 e. The number of anilines is 1. The zero-order valence-electron chi connectivity index (χ0n) is 18.8. The van der Waals surface area contributed by atoms with Crippen molar-refractivity contribution in [3.8, 4) is 0 Å². The number of carbonyl (C=O) groups is 2. The lowest BCUT2D eigenvalue weighted by atomic mass is 10.0. The van der Waals surface area contributed by atoms with E-state index in [4.69, 9.17) is 0 Å². The molecule has 0 bridgehead atoms. The van der Waals surface area contributed by atoms with Gasteiger partial charge in [-0.1, -0.05) is 36.4 Å². The Bertz CT molecular complexity index is 1110. The highest BCUT2D eigenvalue weighted by Gasteiger charge is 2.08. The van der Waals surface area contributed by atoms with Crippen LogP contribution in [-0.2, 0) is 19.5 Å². The normalized spacial score (nSPS) is 10.5. The van der Waals surface area contributed by atoms with Gasteiger partial charge in [0.1, 0.15) is 0 Å². The van der Waals surface area contributed by atoms with Gasteiger partial charge in [-0.25, -0.2) is 0 Å². The number of aromatic nitrogens is 2. The molecule has 0 aliphatic heterocycles. The van der Waals surface area contributed by atoms with Crippen LogP contribution in [-0.4, -0.2) is 21.7 Å². The van der Waals surface area contributed by atoms with Crippen LogP contribution >= 0.6 is 0 Å². The Balaban J connectivity index is 1.24. The largest absolute Gasteiger partial charge is 0.381 e. The van der Waals surface area contributed by atoms with Gasteiger partial charge in [0, 0.05) is 61.1 Å². The summed E-state index contributed by atoms with van der Waals surface area (Å²) in [6.45, 7) is 1.06. The molecule has 2 aromatic heterocycles. The summed E-state index contributed by atoms with van der Waals surface area (Å²) in [6, 6.07) is 22.7. The van der Waals surface area contributed by atoms with Crippen molar-refractivity contribution in [3.63, 3.8) is 0 Å². The topological polar surface area (TPSA) is 84.0 Å². The number of carbonyl (C=O) groups excluding carboxylic acids is 2. The van der Waals surface area contributed by atoms with Crippen molar-refractivity contribution in [2.75, 3.05) is 5.32 Å². The van der Waals surface area contributed by atoms with E-state index in [0.717, 1.165) is 22.4 Å². The molecule has 0 saturated heterocycles. The van der Waals surface area contributed by atoms with E-state index in [1.807, 2.05) is 60.7 Å². The number of nitrogens with zero attached hydrogens (tertiary/aromatic N) is 2. The summed E-state index contributed by atoms with van der Waals surface area (Å²) in [6.07, 6.45) is 8.12. The molecule has 0 saturated carbocycles. The monoisotopic (exact) mass is 450 g/mol. The Labute approximate surface area is 199 Å². The first-order valence-corrected chi connectivity index (χ1v) is 11.2. The van der Waals surface area contributed by atoms with Gasteiger partial charge in [-0.2, -0.15) is 0 Å². The third kappa shape index (κ3) is 6.59. The zero-order valence-corrected chi connectivity index (χ0v) is 18.8. The van der Waals surface area contributed by atoms with Crippen LogP contribution in [0.5, 0.6) is 0 Å². The third-order valence-electron chi connectivity index (χ3n) is 5.46. The van der Waals surface area contributed by atoms with Gasteiger partial charge in [0.05, 0.1) is 0 Å². The number of rotatable bonds is 10. The van der Waals surface area contributed by atoms with Gasteiger partial charge in [0.25, 0.3) is 5.91 Å². The maximum absolute atomic E-state index is 12.5. The van der Waals surface area contributed by atoms with Crippen molar-refractivity contribution >= 4 is 17.4 Å². The highest BCUT2D eigenvalue weighted by atomic mass is 16.1. The van der Waals surface area contributed by atoms with Crippen LogP contribution in [0.3, 0.4) is 0 Å². The smallest absolute Gasteiger partial charge is 0.251 e. The molecule has 34 heavy (non-hydrogen) atoms. The fourth-order valence-corrected chi connectivity index (χ4v) is 3.49. The lowest BCUT2D eigenvalue weighted by Gasteiger charge is -2.09. The van der Waals surface area contributed by atoms with Gasteiger partial charge in [0.15, 0.2) is 5.78 Å². The number of ketones is 1. The van der Waals surface area contributed by atoms with Gasteiger partial charge in [-0.05, 0) is 59.5 Å². The van der Waals surface area contributed by atoms with E-state index < -0.39 is 0 Å². The maximum Gasteiger partial charge on any atom is 0.251 e. The Morgan fingerprint density at radius 2 is 1.32 bits per heavy atom. The van der Waals surface area contributed by atoms with Crippen molar-refractivity contribution < 1.29 is 9.59 Å². The maximum atomic E-state index is 12.5. The predicted molar refractivity (Wildman–Crippen MR) is 133 cm³/mol. The molecule has 2 N–H and O–H groups in total. The lowest BCUT2D eigenvalue weighted by molar-refractivity contribution is 0.0949. The summed E-state index contributed by atoms with van der Waals surface area (Å²) in [7, 11) is 0. The van der Waals surface area contributed by atoms with Gasteiger partial charge < -0.3 is 10.6 Å². The summed E-state index contributed by atoms with van der Waals surface area (Å²) in [5, 5.41) is 6.24. The summed E-state index contributed by atoms with van der Waals surface area (Å²) >= 11 is 0. The fourth-order valence-electron chi connectivity index (χ4n) is 3.49. The van der Waals surface area contributed by atoms with Crippen molar-refractivity contribution in [1.29, 1.82) is 0 Å². The predicted octanol–water partition coefficient (Wildman–Crippen LogP) is 4.83. The summed E-state index contributed by atoms with van der Waals surface area (Å²) in [5.41, 5.74) is 5.32. The van der Waals surface area contributed by atoms with Gasteiger partial charge in [0.2, 0.25) is 0 Å². The van der Waals surface area contributed by atoms with Crippen LogP contribution in [0.1, 0.15) is 43.8 Å². The molecule has 2 aromatic carbocycles. The number of nitrogens with one attached hydrogen (secondary N) is 2. The highest BCUT2D eigenvalue weighted by molar-refractivity contribution is 5.96. The second-order valence-corrected chi connectivity index (χ2v) is 7.96. The summed E-state index contributed by atoms with van der Waals surface area (Å²) in [4.78, 5) is 32.9. The highest BCUT2D eigenvalue weighted by Crippen LogP contribution is 2.14. The molecule has 1 amide bonds. The molecule has 2 heterocycles. The second kappa shape index (κ2) is 11.5. The SMILES string of the molecule is O=C(CCc1cccnc1)c1ccc(CNc2ccc(C(=O)NCc3cccnc3)cc2)cc1. The number of amides is 1. The van der Waals surface area contributed by atoms with E-state index in [-0.39, 0.29) is 11.7 Å². The number of hydrogen-bond donors (Lipinski definition) is 2. The van der Waals surface area contributed by atoms with Crippen molar-refractivity contribution in [2.45, 2.75) is 25.9 Å². The first kappa shape index (κ1) is 22.9. The molecule has 6 nitrogen and oxygen atoms in total. The second-order valence-electron chi connectivity index (χ2n) is 7.96. The average molecular weight is 451 g/mol. The molecular formula is C28H26N4O2. The van der Waals surface area contributed by atoms with E-state index in [9.17, 15) is 9.59 Å². The Hall–Kier alpha value is -4.32. The van der Waals surface area contributed by atoms with E-state index in [0.29, 0.717) is 37.1 Å². The molecule has 0 aliphatic rings. The van der Waals surface area contributed by atoms with Crippen molar-refractivity contribution in [3.05, 3.63) is 125 Å². The number of aryl methyl sites for hydroxylation is 1. The third-order valence-corrected chi connectivity index (χ3v) is 5.46. The number of benzene rings is 2. The van der Waals surface area contributed by atoms with Crippen LogP contribution in [0.2, 0.25) is 0 Å². The van der Waals surface area contributed by atoms with Crippen LogP contribution in [0.4, 0.5) is 5.69 Å². The molecule has 0 aliphatic carbocycles. The zero-order chi connectivity index (χ0) is 23.6. The molecule has 4 aromatic rings.